The predicted molar refractivity (Wildman–Crippen MR) is 102 cm³/mol. The molecule has 152 valence electrons. The highest BCUT2D eigenvalue weighted by Gasteiger charge is 2.34. The number of amides is 1. The Morgan fingerprint density at radius 3 is 2.17 bits per heavy atom. The maximum Gasteiger partial charge on any atom is 0.416 e. The minimum atomic E-state index is -4.42. The lowest BCUT2D eigenvalue weighted by atomic mass is 10.1. The fourth-order valence-electron chi connectivity index (χ4n) is 3.54. The largest absolute Gasteiger partial charge is 0.416 e. The summed E-state index contributed by atoms with van der Waals surface area (Å²) in [6.45, 7) is 6.87. The summed E-state index contributed by atoms with van der Waals surface area (Å²) in [5.41, 5.74) is 0.983. The molecule has 0 atom stereocenters. The molecule has 1 aromatic carbocycles. The number of carbonyl (C=O) groups is 1. The number of aromatic nitrogens is 3. The number of rotatable bonds is 2. The predicted octanol–water partition coefficient (Wildman–Crippen LogP) is 4.60. The Morgan fingerprint density at radius 2 is 1.62 bits per heavy atom. The minimum absolute atomic E-state index is 0.231. The molecule has 1 aliphatic rings. The van der Waals surface area contributed by atoms with Gasteiger partial charge in [-0.05, 0) is 57.2 Å². The highest BCUT2D eigenvalue weighted by atomic mass is 19.4. The summed E-state index contributed by atoms with van der Waals surface area (Å²) in [4.78, 5) is 14.5. The molecular formula is C21H21F3N4O. The van der Waals surface area contributed by atoms with Crippen LogP contribution in [0.15, 0.2) is 48.8 Å². The normalized spacial score (nSPS) is 14.3. The number of fused-ring (bicyclic) bond motifs is 1. The summed E-state index contributed by atoms with van der Waals surface area (Å²) in [6, 6.07) is 8.17. The van der Waals surface area contributed by atoms with Gasteiger partial charge in [0.1, 0.15) is 5.82 Å². The van der Waals surface area contributed by atoms with E-state index >= 15 is 0 Å². The minimum Gasteiger partial charge on any atom is -0.328 e. The van der Waals surface area contributed by atoms with Gasteiger partial charge in [-0.1, -0.05) is 0 Å². The van der Waals surface area contributed by atoms with Gasteiger partial charge in [0.2, 0.25) is 0 Å². The van der Waals surface area contributed by atoms with Crippen LogP contribution in [0.5, 0.6) is 0 Å². The first-order valence-corrected chi connectivity index (χ1v) is 9.27. The van der Waals surface area contributed by atoms with E-state index in [1.54, 1.807) is 4.90 Å². The van der Waals surface area contributed by atoms with Crippen LogP contribution in [0.25, 0.3) is 5.82 Å². The van der Waals surface area contributed by atoms with Crippen LogP contribution < -0.4 is 0 Å². The van der Waals surface area contributed by atoms with Crippen LogP contribution in [0.4, 0.5) is 13.2 Å². The van der Waals surface area contributed by atoms with E-state index in [-0.39, 0.29) is 17.0 Å². The Labute approximate surface area is 166 Å². The Kier molecular flexibility index (Phi) is 4.33. The van der Waals surface area contributed by atoms with E-state index in [1.807, 2.05) is 33.8 Å². The summed E-state index contributed by atoms with van der Waals surface area (Å²) < 4.78 is 42.2. The number of benzene rings is 1. The van der Waals surface area contributed by atoms with Crippen molar-refractivity contribution in [2.24, 2.45) is 0 Å². The second-order valence-electron chi connectivity index (χ2n) is 8.16. The first-order chi connectivity index (χ1) is 13.6. The van der Waals surface area contributed by atoms with Crippen LogP contribution in [-0.4, -0.2) is 25.2 Å². The summed E-state index contributed by atoms with van der Waals surface area (Å²) >= 11 is 0. The molecule has 0 bridgehead atoms. The van der Waals surface area contributed by atoms with E-state index in [0.29, 0.717) is 13.1 Å². The van der Waals surface area contributed by atoms with Gasteiger partial charge in [0.25, 0.3) is 5.91 Å². The quantitative estimate of drug-likeness (QED) is 0.629. The van der Waals surface area contributed by atoms with E-state index < -0.39 is 11.7 Å². The lowest BCUT2D eigenvalue weighted by molar-refractivity contribution is -0.137. The zero-order valence-electron chi connectivity index (χ0n) is 16.4. The lowest BCUT2D eigenvalue weighted by Gasteiger charge is -2.24. The fourth-order valence-corrected chi connectivity index (χ4v) is 3.54. The maximum absolute atomic E-state index is 12.9. The van der Waals surface area contributed by atoms with E-state index in [4.69, 9.17) is 5.10 Å². The summed E-state index contributed by atoms with van der Waals surface area (Å²) in [5.74, 6) is 0.595. The zero-order valence-corrected chi connectivity index (χ0v) is 16.4. The first-order valence-electron chi connectivity index (χ1n) is 9.27. The molecule has 0 N–H and O–H groups in total. The van der Waals surface area contributed by atoms with Gasteiger partial charge in [-0.15, -0.1) is 0 Å². The molecule has 29 heavy (non-hydrogen) atoms. The Balaban J connectivity index is 1.63. The molecule has 3 heterocycles. The summed E-state index contributed by atoms with van der Waals surface area (Å²) in [6.07, 6.45) is -0.562. The maximum atomic E-state index is 12.9. The fraction of sp³-hybridized carbons (Fsp3) is 0.333. The number of hydrogen-bond donors (Lipinski definition) is 0. The second-order valence-corrected chi connectivity index (χ2v) is 8.16. The monoisotopic (exact) mass is 402 g/mol. The van der Waals surface area contributed by atoms with Crippen LogP contribution >= 0.6 is 0 Å². The van der Waals surface area contributed by atoms with Gasteiger partial charge >= 0.3 is 6.18 Å². The topological polar surface area (TPSA) is 43.1 Å². The van der Waals surface area contributed by atoms with E-state index in [2.05, 4.69) is 20.8 Å². The molecule has 0 aliphatic carbocycles. The molecule has 1 aliphatic heterocycles. The number of halogens is 3. The van der Waals surface area contributed by atoms with Gasteiger partial charge in [-0.25, -0.2) is 4.68 Å². The molecular weight excluding hydrogens is 381 g/mol. The van der Waals surface area contributed by atoms with Gasteiger partial charge < -0.3 is 9.47 Å². The van der Waals surface area contributed by atoms with Gasteiger partial charge in [0.15, 0.2) is 0 Å². The first kappa shape index (κ1) is 19.3. The standard InChI is InChI=1S/C21H21F3N4O/c1-20(2,3)28-18(26-10-4-5-11-26)16-12-27(13-17(16)25-28)19(29)14-6-8-15(9-7-14)21(22,23)24/h4-11H,12-13H2,1-3H3. The molecule has 0 unspecified atom stereocenters. The Bertz CT molecular complexity index is 1040. The highest BCUT2D eigenvalue weighted by molar-refractivity contribution is 5.94. The van der Waals surface area contributed by atoms with Crippen molar-refractivity contribution in [1.82, 2.24) is 19.2 Å². The van der Waals surface area contributed by atoms with E-state index in [9.17, 15) is 18.0 Å². The summed E-state index contributed by atoms with van der Waals surface area (Å²) in [5, 5.41) is 4.74. The smallest absolute Gasteiger partial charge is 0.328 e. The van der Waals surface area contributed by atoms with Crippen molar-refractivity contribution in [2.75, 3.05) is 0 Å². The Hall–Kier alpha value is -3.03. The van der Waals surface area contributed by atoms with Crippen molar-refractivity contribution in [3.63, 3.8) is 0 Å². The molecule has 1 amide bonds. The van der Waals surface area contributed by atoms with Crippen molar-refractivity contribution in [2.45, 2.75) is 45.6 Å². The third kappa shape index (κ3) is 3.43. The molecule has 0 radical (unpaired) electrons. The van der Waals surface area contributed by atoms with Crippen molar-refractivity contribution < 1.29 is 18.0 Å². The highest BCUT2D eigenvalue weighted by Crippen LogP contribution is 2.33. The number of nitrogens with zero attached hydrogens (tertiary/aromatic N) is 4. The van der Waals surface area contributed by atoms with Gasteiger partial charge in [0, 0.05) is 23.5 Å². The summed E-state index contributed by atoms with van der Waals surface area (Å²) in [7, 11) is 0. The van der Waals surface area contributed by atoms with E-state index in [0.717, 1.165) is 29.2 Å². The molecule has 4 rings (SSSR count). The van der Waals surface area contributed by atoms with E-state index in [1.165, 1.54) is 12.1 Å². The number of hydrogen-bond acceptors (Lipinski definition) is 2. The zero-order chi connectivity index (χ0) is 21.0. The number of carbonyl (C=O) groups excluding carboxylic acids is 1. The van der Waals surface area contributed by atoms with Crippen LogP contribution in [0.3, 0.4) is 0 Å². The third-order valence-corrected chi connectivity index (χ3v) is 4.96. The van der Waals surface area contributed by atoms with Crippen molar-refractivity contribution in [3.8, 4) is 5.82 Å². The van der Waals surface area contributed by atoms with Crippen LogP contribution in [0.1, 0.15) is 48.0 Å². The second kappa shape index (κ2) is 6.50. The third-order valence-electron chi connectivity index (χ3n) is 4.96. The van der Waals surface area contributed by atoms with Crippen molar-refractivity contribution >= 4 is 5.91 Å². The van der Waals surface area contributed by atoms with Crippen molar-refractivity contribution in [3.05, 3.63) is 71.2 Å². The molecule has 8 heteroatoms. The van der Waals surface area contributed by atoms with Crippen molar-refractivity contribution in [1.29, 1.82) is 0 Å². The molecule has 0 saturated carbocycles. The SMILES string of the molecule is CC(C)(C)n1nc2c(c1-n1cccc1)CN(C(=O)c1ccc(C(F)(F)F)cc1)C2. The molecule has 0 fully saturated rings. The Morgan fingerprint density at radius 1 is 1.00 bits per heavy atom. The van der Waals surface area contributed by atoms with Crippen LogP contribution in [-0.2, 0) is 24.8 Å². The van der Waals surface area contributed by atoms with Gasteiger partial charge in [0.05, 0.1) is 29.9 Å². The average molecular weight is 402 g/mol. The van der Waals surface area contributed by atoms with Crippen LogP contribution in [0, 0.1) is 0 Å². The average Bonchev–Trinajstić information content (AvgIpc) is 3.35. The van der Waals surface area contributed by atoms with Gasteiger partial charge in [-0.2, -0.15) is 18.3 Å². The molecule has 0 saturated heterocycles. The molecule has 2 aromatic heterocycles. The molecule has 5 nitrogen and oxygen atoms in total. The number of alkyl halides is 3. The van der Waals surface area contributed by atoms with Crippen LogP contribution in [0.2, 0.25) is 0 Å². The lowest BCUT2D eigenvalue weighted by Crippen LogP contribution is -2.29. The molecule has 3 aromatic rings. The van der Waals surface area contributed by atoms with Gasteiger partial charge in [-0.3, -0.25) is 4.79 Å². The molecule has 0 spiro atoms.